The van der Waals surface area contributed by atoms with E-state index >= 15 is 0 Å². The average molecular weight is 415 g/mol. The van der Waals surface area contributed by atoms with Gasteiger partial charge in [-0.15, -0.1) is 0 Å². The number of methoxy groups -OCH3 is 1. The molecule has 0 fully saturated rings. The molecule has 0 radical (unpaired) electrons. The normalized spacial score (nSPS) is 12.1. The Kier molecular flexibility index (Phi) is 5.61. The molecule has 1 N–H and O–H groups in total. The zero-order valence-electron chi connectivity index (χ0n) is 18.2. The summed E-state index contributed by atoms with van der Waals surface area (Å²) < 4.78 is 11.0. The Hall–Kier alpha value is -3.44. The highest BCUT2D eigenvalue weighted by atomic mass is 16.6. The molecule has 0 atom stereocenters. The highest BCUT2D eigenvalue weighted by Crippen LogP contribution is 2.31. The van der Waals surface area contributed by atoms with Gasteiger partial charge >= 0.3 is 5.97 Å². The number of carbonyl (C=O) groups is 1. The highest BCUT2D eigenvalue weighted by molar-refractivity contribution is 6.14. The molecule has 0 amide bonds. The predicted octanol–water partition coefficient (Wildman–Crippen LogP) is 5.99. The summed E-state index contributed by atoms with van der Waals surface area (Å²) in [6.07, 6.45) is 5.87. The molecule has 5 heteroatoms. The van der Waals surface area contributed by atoms with Gasteiger partial charge in [0.15, 0.2) is 0 Å². The standard InChI is InChI=1S/C26H26N2O3/c1-26(2,3)31-25(29)23-20-13-11-18-15-27-19(12-10-17-8-6-5-7-9-17)14-21(18)24(20)28-22(23)16-30-4/h5-15,28H,16H2,1-4H3. The number of rotatable bonds is 5. The number of nitrogens with one attached hydrogen (secondary N) is 1. The largest absolute Gasteiger partial charge is 0.456 e. The van der Waals surface area contributed by atoms with Gasteiger partial charge in [0, 0.05) is 29.5 Å². The van der Waals surface area contributed by atoms with Crippen LogP contribution in [0.3, 0.4) is 0 Å². The van der Waals surface area contributed by atoms with Crippen LogP contribution in [-0.4, -0.2) is 28.6 Å². The van der Waals surface area contributed by atoms with Crippen molar-refractivity contribution in [3.63, 3.8) is 0 Å². The minimum Gasteiger partial charge on any atom is -0.456 e. The molecule has 0 aliphatic heterocycles. The van der Waals surface area contributed by atoms with E-state index < -0.39 is 5.60 Å². The van der Waals surface area contributed by atoms with Gasteiger partial charge in [0.1, 0.15) is 5.60 Å². The molecule has 0 saturated carbocycles. The molecule has 4 aromatic rings. The predicted molar refractivity (Wildman–Crippen MR) is 125 cm³/mol. The first-order chi connectivity index (χ1) is 14.9. The lowest BCUT2D eigenvalue weighted by Crippen LogP contribution is -2.24. The number of esters is 1. The van der Waals surface area contributed by atoms with E-state index in [0.29, 0.717) is 11.3 Å². The van der Waals surface area contributed by atoms with Crippen LogP contribution >= 0.6 is 0 Å². The van der Waals surface area contributed by atoms with Crippen LogP contribution in [0, 0.1) is 0 Å². The van der Waals surface area contributed by atoms with Crippen molar-refractivity contribution in [3.8, 4) is 0 Å². The van der Waals surface area contributed by atoms with Gasteiger partial charge in [-0.2, -0.15) is 0 Å². The molecule has 4 rings (SSSR count). The molecule has 0 unspecified atom stereocenters. The van der Waals surface area contributed by atoms with Gasteiger partial charge in [0.05, 0.1) is 29.1 Å². The van der Waals surface area contributed by atoms with Crippen LogP contribution < -0.4 is 0 Å². The zero-order chi connectivity index (χ0) is 22.0. The molecule has 5 nitrogen and oxygen atoms in total. The van der Waals surface area contributed by atoms with Crippen LogP contribution in [0.2, 0.25) is 0 Å². The first kappa shape index (κ1) is 20.8. The number of ether oxygens (including phenoxy) is 2. The van der Waals surface area contributed by atoms with Crippen LogP contribution in [-0.2, 0) is 16.1 Å². The minimum absolute atomic E-state index is 0.288. The van der Waals surface area contributed by atoms with Crippen LogP contribution in [0.1, 0.15) is 48.1 Å². The van der Waals surface area contributed by atoms with Gasteiger partial charge in [0.2, 0.25) is 0 Å². The molecule has 0 aliphatic carbocycles. The van der Waals surface area contributed by atoms with Gasteiger partial charge in [0.25, 0.3) is 0 Å². The monoisotopic (exact) mass is 414 g/mol. The van der Waals surface area contributed by atoms with Crippen LogP contribution in [0.15, 0.2) is 54.7 Å². The fourth-order valence-corrected chi connectivity index (χ4v) is 3.60. The first-order valence-corrected chi connectivity index (χ1v) is 10.2. The number of benzene rings is 2. The molecule has 31 heavy (non-hydrogen) atoms. The molecule has 2 aromatic carbocycles. The van der Waals surface area contributed by atoms with E-state index in [0.717, 1.165) is 32.9 Å². The molecule has 0 spiro atoms. The van der Waals surface area contributed by atoms with Crippen molar-refractivity contribution in [2.45, 2.75) is 33.0 Å². The lowest BCUT2D eigenvalue weighted by Gasteiger charge is -2.19. The molecular formula is C26H26N2O3. The summed E-state index contributed by atoms with van der Waals surface area (Å²) in [4.78, 5) is 20.9. The van der Waals surface area contributed by atoms with E-state index in [1.54, 1.807) is 7.11 Å². The summed E-state index contributed by atoms with van der Waals surface area (Å²) in [6, 6.07) is 16.0. The number of fused-ring (bicyclic) bond motifs is 3. The van der Waals surface area contributed by atoms with Gasteiger partial charge in [-0.05, 0) is 38.5 Å². The Labute approximate surface area is 181 Å². The van der Waals surface area contributed by atoms with Crippen molar-refractivity contribution >= 4 is 39.8 Å². The second-order valence-electron chi connectivity index (χ2n) is 8.48. The zero-order valence-corrected chi connectivity index (χ0v) is 18.2. The molecule has 0 aliphatic rings. The topological polar surface area (TPSA) is 64.2 Å². The van der Waals surface area contributed by atoms with E-state index in [1.165, 1.54) is 0 Å². The molecular weight excluding hydrogens is 388 g/mol. The van der Waals surface area contributed by atoms with Gasteiger partial charge in [-0.3, -0.25) is 4.98 Å². The maximum absolute atomic E-state index is 13.0. The second kappa shape index (κ2) is 8.36. The van der Waals surface area contributed by atoms with Crippen LogP contribution in [0.5, 0.6) is 0 Å². The fraction of sp³-hybridized carbons (Fsp3) is 0.231. The Morgan fingerprint density at radius 3 is 2.55 bits per heavy atom. The van der Waals surface area contributed by atoms with E-state index in [-0.39, 0.29) is 12.6 Å². The summed E-state index contributed by atoms with van der Waals surface area (Å²) in [6.45, 7) is 5.88. The maximum atomic E-state index is 13.0. The summed E-state index contributed by atoms with van der Waals surface area (Å²) in [7, 11) is 1.61. The van der Waals surface area contributed by atoms with Crippen LogP contribution in [0.4, 0.5) is 0 Å². The summed E-state index contributed by atoms with van der Waals surface area (Å²) >= 11 is 0. The Morgan fingerprint density at radius 1 is 1.06 bits per heavy atom. The Morgan fingerprint density at radius 2 is 1.84 bits per heavy atom. The minimum atomic E-state index is -0.582. The number of hydrogen-bond donors (Lipinski definition) is 1. The third-order valence-corrected chi connectivity index (χ3v) is 4.91. The SMILES string of the molecule is COCc1[nH]c2c(ccc3cnc(C=Cc4ccccc4)cc32)c1C(=O)OC(C)(C)C. The van der Waals surface area contributed by atoms with Crippen molar-refractivity contribution in [3.05, 3.63) is 77.2 Å². The van der Waals surface area contributed by atoms with Gasteiger partial charge in [-0.25, -0.2) is 4.79 Å². The number of aromatic nitrogens is 2. The van der Waals surface area contributed by atoms with E-state index in [1.807, 2.05) is 87.7 Å². The van der Waals surface area contributed by atoms with Crippen molar-refractivity contribution in [2.24, 2.45) is 0 Å². The number of pyridine rings is 1. The highest BCUT2D eigenvalue weighted by Gasteiger charge is 2.25. The molecule has 2 heterocycles. The number of aromatic amines is 1. The van der Waals surface area contributed by atoms with Crippen molar-refractivity contribution in [2.75, 3.05) is 7.11 Å². The lowest BCUT2D eigenvalue weighted by atomic mass is 10.0. The van der Waals surface area contributed by atoms with Crippen molar-refractivity contribution in [1.29, 1.82) is 0 Å². The van der Waals surface area contributed by atoms with E-state index in [9.17, 15) is 4.79 Å². The van der Waals surface area contributed by atoms with Crippen molar-refractivity contribution in [1.82, 2.24) is 9.97 Å². The average Bonchev–Trinajstić information content (AvgIpc) is 3.10. The summed E-state index contributed by atoms with van der Waals surface area (Å²) in [5, 5.41) is 2.80. The third kappa shape index (κ3) is 4.52. The number of H-pyrrole nitrogens is 1. The third-order valence-electron chi connectivity index (χ3n) is 4.91. The smallest absolute Gasteiger partial charge is 0.341 e. The number of nitrogens with zero attached hydrogens (tertiary/aromatic N) is 1. The molecule has 0 bridgehead atoms. The molecule has 2 aromatic heterocycles. The quantitative estimate of drug-likeness (QED) is 0.408. The number of hydrogen-bond acceptors (Lipinski definition) is 4. The maximum Gasteiger partial charge on any atom is 0.341 e. The second-order valence-corrected chi connectivity index (χ2v) is 8.48. The van der Waals surface area contributed by atoms with E-state index in [4.69, 9.17) is 9.47 Å². The van der Waals surface area contributed by atoms with Crippen molar-refractivity contribution < 1.29 is 14.3 Å². The van der Waals surface area contributed by atoms with Crippen LogP contribution in [0.25, 0.3) is 33.8 Å². The van der Waals surface area contributed by atoms with Gasteiger partial charge in [-0.1, -0.05) is 48.5 Å². The Bertz CT molecular complexity index is 1260. The summed E-state index contributed by atoms with van der Waals surface area (Å²) in [5.41, 5.74) is 3.47. The van der Waals surface area contributed by atoms with E-state index in [2.05, 4.69) is 9.97 Å². The molecule has 158 valence electrons. The first-order valence-electron chi connectivity index (χ1n) is 10.2. The lowest BCUT2D eigenvalue weighted by molar-refractivity contribution is 0.00682. The summed E-state index contributed by atoms with van der Waals surface area (Å²) in [5.74, 6) is -0.358. The fourth-order valence-electron chi connectivity index (χ4n) is 3.60. The molecule has 0 saturated heterocycles. The van der Waals surface area contributed by atoms with Gasteiger partial charge < -0.3 is 14.5 Å². The number of carbonyl (C=O) groups excluding carboxylic acids is 1. The Balaban J connectivity index is 1.83.